The zero-order valence-corrected chi connectivity index (χ0v) is 9.44. The molecular weight excluding hydrogens is 212 g/mol. The molecule has 0 atom stereocenters. The Kier molecular flexibility index (Phi) is 2.41. The third-order valence-electron chi connectivity index (χ3n) is 3.26. The molecule has 1 heterocycles. The Labute approximate surface area is 99.7 Å². The largest absolute Gasteiger partial charge is 0.355 e. The first-order valence-corrected chi connectivity index (χ1v) is 5.86. The smallest absolute Gasteiger partial charge is 0.184 e. The average molecular weight is 224 g/mol. The van der Waals surface area contributed by atoms with Gasteiger partial charge in [-0.2, -0.15) is 5.26 Å². The molecule has 17 heavy (non-hydrogen) atoms. The summed E-state index contributed by atoms with van der Waals surface area (Å²) in [6, 6.07) is 10.0. The average Bonchev–Trinajstić information content (AvgIpc) is 2.87. The number of hydrogen-bond donors (Lipinski definition) is 0. The molecule has 0 amide bonds. The second kappa shape index (κ2) is 4.06. The maximum atomic E-state index is 8.72. The summed E-state index contributed by atoms with van der Waals surface area (Å²) < 4.78 is 5.16. The lowest BCUT2D eigenvalue weighted by Crippen LogP contribution is -2.02. The van der Waals surface area contributed by atoms with Gasteiger partial charge in [-0.05, 0) is 42.9 Å². The van der Waals surface area contributed by atoms with Crippen LogP contribution in [0, 0.1) is 11.3 Å². The highest BCUT2D eigenvalue weighted by molar-refractivity contribution is 5.60. The lowest BCUT2D eigenvalue weighted by Gasteiger charge is -2.15. The summed E-state index contributed by atoms with van der Waals surface area (Å²) >= 11 is 0. The molecule has 1 aliphatic carbocycles. The van der Waals surface area contributed by atoms with Crippen molar-refractivity contribution in [2.24, 2.45) is 0 Å². The second-order valence-corrected chi connectivity index (χ2v) is 4.38. The summed E-state index contributed by atoms with van der Waals surface area (Å²) in [7, 11) is 0. The maximum Gasteiger partial charge on any atom is 0.184 e. The van der Waals surface area contributed by atoms with Crippen LogP contribution in [0.2, 0.25) is 0 Å². The molecule has 84 valence electrons. The van der Waals surface area contributed by atoms with Crippen LogP contribution in [0.1, 0.15) is 29.7 Å². The minimum Gasteiger partial charge on any atom is -0.355 e. The van der Waals surface area contributed by atoms with Crippen LogP contribution < -0.4 is 0 Å². The number of nitriles is 1. The number of aryl methyl sites for hydroxylation is 2. The van der Waals surface area contributed by atoms with Crippen LogP contribution in [0.5, 0.6) is 0 Å². The summed E-state index contributed by atoms with van der Waals surface area (Å²) in [5, 5.41) is 12.4. The van der Waals surface area contributed by atoms with Gasteiger partial charge in [-0.25, -0.2) is 0 Å². The van der Waals surface area contributed by atoms with Crippen molar-refractivity contribution >= 4 is 0 Å². The Balaban J connectivity index is 2.01. The zero-order valence-electron chi connectivity index (χ0n) is 9.44. The Morgan fingerprint density at radius 3 is 2.71 bits per heavy atom. The molecule has 0 aliphatic heterocycles. The van der Waals surface area contributed by atoms with Crippen molar-refractivity contribution in [3.8, 4) is 17.4 Å². The van der Waals surface area contributed by atoms with E-state index in [0.29, 0.717) is 11.5 Å². The zero-order chi connectivity index (χ0) is 11.7. The van der Waals surface area contributed by atoms with Crippen LogP contribution in [0.3, 0.4) is 0 Å². The third kappa shape index (κ3) is 1.83. The summed E-state index contributed by atoms with van der Waals surface area (Å²) in [5.41, 5.74) is 4.20. The highest BCUT2D eigenvalue weighted by Gasteiger charge is 2.12. The molecule has 0 radical (unpaired) electrons. The van der Waals surface area contributed by atoms with Crippen molar-refractivity contribution in [1.82, 2.24) is 5.16 Å². The summed E-state index contributed by atoms with van der Waals surface area (Å²) in [5.74, 6) is 0.676. The van der Waals surface area contributed by atoms with Crippen molar-refractivity contribution in [2.45, 2.75) is 25.7 Å². The van der Waals surface area contributed by atoms with E-state index in [4.69, 9.17) is 9.78 Å². The molecule has 0 fully saturated rings. The van der Waals surface area contributed by atoms with Crippen LogP contribution in [0.15, 0.2) is 28.8 Å². The number of hydrogen-bond acceptors (Lipinski definition) is 3. The van der Waals surface area contributed by atoms with E-state index in [1.807, 2.05) is 12.1 Å². The van der Waals surface area contributed by atoms with Gasteiger partial charge >= 0.3 is 0 Å². The van der Waals surface area contributed by atoms with E-state index in [1.165, 1.54) is 30.4 Å². The van der Waals surface area contributed by atoms with E-state index < -0.39 is 0 Å². The number of fused-ring (bicyclic) bond motifs is 1. The van der Waals surface area contributed by atoms with Gasteiger partial charge in [-0.3, -0.25) is 0 Å². The molecule has 0 saturated carbocycles. The topological polar surface area (TPSA) is 49.8 Å². The van der Waals surface area contributed by atoms with Gasteiger partial charge in [0, 0.05) is 11.6 Å². The van der Waals surface area contributed by atoms with E-state index in [0.717, 1.165) is 12.0 Å². The lowest BCUT2D eigenvalue weighted by molar-refractivity contribution is 0.430. The molecule has 3 rings (SSSR count). The van der Waals surface area contributed by atoms with E-state index in [1.54, 1.807) is 6.07 Å². The number of rotatable bonds is 1. The monoisotopic (exact) mass is 224 g/mol. The Morgan fingerprint density at radius 2 is 1.94 bits per heavy atom. The lowest BCUT2D eigenvalue weighted by atomic mass is 9.90. The van der Waals surface area contributed by atoms with Gasteiger partial charge in [0.25, 0.3) is 0 Å². The molecular formula is C14H12N2O. The first-order chi connectivity index (χ1) is 8.36. The summed E-state index contributed by atoms with van der Waals surface area (Å²) in [6.45, 7) is 0. The summed E-state index contributed by atoms with van der Waals surface area (Å²) in [6.07, 6.45) is 4.86. The quantitative estimate of drug-likeness (QED) is 0.747. The Bertz CT molecular complexity index is 593. The molecule has 3 nitrogen and oxygen atoms in total. The molecule has 0 N–H and O–H groups in total. The van der Waals surface area contributed by atoms with Crippen molar-refractivity contribution in [1.29, 1.82) is 5.26 Å². The third-order valence-corrected chi connectivity index (χ3v) is 3.26. The molecule has 3 heteroatoms. The first kappa shape index (κ1) is 10.1. The number of aromatic nitrogens is 1. The molecule has 0 spiro atoms. The maximum absolute atomic E-state index is 8.72. The van der Waals surface area contributed by atoms with E-state index in [9.17, 15) is 0 Å². The SMILES string of the molecule is N#Cc1cc(-c2ccc3c(c2)CCCC3)on1. The number of nitrogens with zero attached hydrogens (tertiary/aromatic N) is 2. The van der Waals surface area contributed by atoms with Crippen LogP contribution in [0.4, 0.5) is 0 Å². The van der Waals surface area contributed by atoms with Gasteiger partial charge in [0.15, 0.2) is 11.5 Å². The molecule has 0 saturated heterocycles. The predicted octanol–water partition coefficient (Wildman–Crippen LogP) is 3.09. The highest BCUT2D eigenvalue weighted by atomic mass is 16.5. The summed E-state index contributed by atoms with van der Waals surface area (Å²) in [4.78, 5) is 0. The van der Waals surface area contributed by atoms with E-state index in [-0.39, 0.29) is 0 Å². The van der Waals surface area contributed by atoms with Gasteiger partial charge in [0.05, 0.1) is 0 Å². The fourth-order valence-corrected chi connectivity index (χ4v) is 2.35. The normalized spacial score (nSPS) is 14.1. The molecule has 1 aliphatic rings. The van der Waals surface area contributed by atoms with Gasteiger partial charge in [0.1, 0.15) is 6.07 Å². The van der Waals surface area contributed by atoms with E-state index in [2.05, 4.69) is 17.3 Å². The minimum atomic E-state index is 0.331. The van der Waals surface area contributed by atoms with Crippen LogP contribution in [-0.4, -0.2) is 5.16 Å². The highest BCUT2D eigenvalue weighted by Crippen LogP contribution is 2.27. The fraction of sp³-hybridized carbons (Fsp3) is 0.286. The van der Waals surface area contributed by atoms with Gasteiger partial charge < -0.3 is 4.52 Å². The van der Waals surface area contributed by atoms with Crippen molar-refractivity contribution in [2.75, 3.05) is 0 Å². The van der Waals surface area contributed by atoms with Crippen LogP contribution in [-0.2, 0) is 12.8 Å². The first-order valence-electron chi connectivity index (χ1n) is 5.86. The molecule has 1 aromatic carbocycles. The Morgan fingerprint density at radius 1 is 1.12 bits per heavy atom. The molecule has 0 bridgehead atoms. The predicted molar refractivity (Wildman–Crippen MR) is 63.3 cm³/mol. The van der Waals surface area contributed by atoms with Crippen molar-refractivity contribution < 1.29 is 4.52 Å². The van der Waals surface area contributed by atoms with Crippen molar-refractivity contribution in [3.63, 3.8) is 0 Å². The molecule has 0 unspecified atom stereocenters. The Hall–Kier alpha value is -2.08. The van der Waals surface area contributed by atoms with Gasteiger partial charge in [0.2, 0.25) is 0 Å². The van der Waals surface area contributed by atoms with Crippen molar-refractivity contribution in [3.05, 3.63) is 41.1 Å². The van der Waals surface area contributed by atoms with Crippen LogP contribution >= 0.6 is 0 Å². The minimum absolute atomic E-state index is 0.331. The molecule has 1 aromatic heterocycles. The molecule has 2 aromatic rings. The fourth-order valence-electron chi connectivity index (χ4n) is 2.35. The second-order valence-electron chi connectivity index (χ2n) is 4.38. The number of benzene rings is 1. The van der Waals surface area contributed by atoms with Crippen LogP contribution in [0.25, 0.3) is 11.3 Å². The standard InChI is InChI=1S/C14H12N2O/c15-9-13-8-14(17-16-13)12-6-5-10-3-1-2-4-11(10)7-12/h5-8H,1-4H2. The van der Waals surface area contributed by atoms with E-state index >= 15 is 0 Å². The van der Waals surface area contributed by atoms with Gasteiger partial charge in [-0.15, -0.1) is 0 Å². The van der Waals surface area contributed by atoms with Gasteiger partial charge in [-0.1, -0.05) is 17.3 Å².